The van der Waals surface area contributed by atoms with Gasteiger partial charge in [0, 0.05) is 0 Å². The lowest BCUT2D eigenvalue weighted by Gasteiger charge is -2.46. The molecule has 7 N–H and O–H groups in total. The summed E-state index contributed by atoms with van der Waals surface area (Å²) in [6.45, 7) is 0.648. The molecule has 2 saturated heterocycles. The molecule has 2 fully saturated rings. The number of ether oxygens (including phenoxy) is 3. The molecule has 0 aromatic carbocycles. The molecule has 2 aliphatic heterocycles. The molecule has 2 aliphatic rings. The Kier molecular flexibility index (Phi) is 6.90. The van der Waals surface area contributed by atoms with Crippen LogP contribution >= 0.6 is 0 Å². The predicted molar refractivity (Wildman–Crippen MR) is 76.7 cm³/mol. The van der Waals surface area contributed by atoms with Gasteiger partial charge in [-0.2, -0.15) is 0 Å². The highest BCUT2D eigenvalue weighted by molar-refractivity contribution is 4.95. The van der Waals surface area contributed by atoms with Crippen molar-refractivity contribution < 1.29 is 50.0 Å². The minimum absolute atomic E-state index is 0.377. The van der Waals surface area contributed by atoms with E-state index in [-0.39, 0.29) is 0 Å². The van der Waals surface area contributed by atoms with Crippen molar-refractivity contribution in [2.24, 2.45) is 0 Å². The molecule has 142 valence electrons. The van der Waals surface area contributed by atoms with Crippen molar-refractivity contribution in [2.45, 2.75) is 74.6 Å². The van der Waals surface area contributed by atoms with Crippen LogP contribution in [0.3, 0.4) is 0 Å². The van der Waals surface area contributed by atoms with Gasteiger partial charge in [0.15, 0.2) is 6.29 Å². The smallest absolute Gasteiger partial charge is 0.187 e. The van der Waals surface area contributed by atoms with Crippen molar-refractivity contribution in [1.82, 2.24) is 0 Å². The minimum atomic E-state index is -1.62. The standard InChI is InChI=1S/C14H26O10/c1-2-5-13(11(20)9(18)6(3-15)22-5)24-14-12(21)10(19)8(17)7(4-16)23-14/h5-21H,2-4H2,1H3/t5-,6+,7+,8+,9+,10-,11-,12+,13-,14?/m0/s1. The topological polar surface area (TPSA) is 169 Å². The summed E-state index contributed by atoms with van der Waals surface area (Å²) in [5.41, 5.74) is 0. The van der Waals surface area contributed by atoms with E-state index in [1.165, 1.54) is 0 Å². The number of hydrogen-bond donors (Lipinski definition) is 7. The van der Waals surface area contributed by atoms with Crippen LogP contribution in [0, 0.1) is 0 Å². The lowest BCUT2D eigenvalue weighted by Crippen LogP contribution is -2.64. The highest BCUT2D eigenvalue weighted by atomic mass is 16.7. The average molecular weight is 354 g/mol. The molecule has 10 atom stereocenters. The van der Waals surface area contributed by atoms with Crippen molar-refractivity contribution in [3.8, 4) is 0 Å². The van der Waals surface area contributed by atoms with E-state index in [9.17, 15) is 35.7 Å². The van der Waals surface area contributed by atoms with Crippen LogP contribution in [0.4, 0.5) is 0 Å². The molecule has 0 aromatic rings. The number of aliphatic hydroxyl groups is 7. The molecule has 0 bridgehead atoms. The van der Waals surface area contributed by atoms with E-state index < -0.39 is 74.4 Å². The summed E-state index contributed by atoms with van der Waals surface area (Å²) >= 11 is 0. The lowest BCUT2D eigenvalue weighted by atomic mass is 9.93. The summed E-state index contributed by atoms with van der Waals surface area (Å²) in [7, 11) is 0. The maximum atomic E-state index is 10.2. The third kappa shape index (κ3) is 3.73. The molecule has 2 heterocycles. The van der Waals surface area contributed by atoms with Gasteiger partial charge in [0.2, 0.25) is 0 Å². The molecule has 10 nitrogen and oxygen atoms in total. The SMILES string of the molecule is CC[C@@H]1O[C@H](CO)[C@@H](O)[C@H](O)[C@H]1OC1O[C@H](CO)[C@@H](O)[C@H](O)[C@H]1O. The van der Waals surface area contributed by atoms with E-state index >= 15 is 0 Å². The molecule has 0 aliphatic carbocycles. The van der Waals surface area contributed by atoms with Gasteiger partial charge in [-0.3, -0.25) is 0 Å². The molecule has 0 radical (unpaired) electrons. The van der Waals surface area contributed by atoms with Crippen LogP contribution in [0.5, 0.6) is 0 Å². The summed E-state index contributed by atoms with van der Waals surface area (Å²) in [6.07, 6.45) is -12.6. The fourth-order valence-corrected chi connectivity index (χ4v) is 3.00. The van der Waals surface area contributed by atoms with Gasteiger partial charge in [-0.15, -0.1) is 0 Å². The Labute approximate surface area is 138 Å². The summed E-state index contributed by atoms with van der Waals surface area (Å²) in [5, 5.41) is 68.1. The maximum Gasteiger partial charge on any atom is 0.187 e. The fourth-order valence-electron chi connectivity index (χ4n) is 3.00. The van der Waals surface area contributed by atoms with Crippen LogP contribution in [0.15, 0.2) is 0 Å². The van der Waals surface area contributed by atoms with E-state index in [0.717, 1.165) is 0 Å². The molecule has 24 heavy (non-hydrogen) atoms. The molecule has 0 saturated carbocycles. The Morgan fingerprint density at radius 2 is 1.25 bits per heavy atom. The first-order chi connectivity index (χ1) is 11.3. The third-order valence-corrected chi connectivity index (χ3v) is 4.51. The van der Waals surface area contributed by atoms with Crippen LogP contribution in [0.1, 0.15) is 13.3 Å². The van der Waals surface area contributed by atoms with Gasteiger partial charge >= 0.3 is 0 Å². The number of hydrogen-bond acceptors (Lipinski definition) is 10. The third-order valence-electron chi connectivity index (χ3n) is 4.51. The molecular formula is C14H26O10. The van der Waals surface area contributed by atoms with Crippen molar-refractivity contribution >= 4 is 0 Å². The van der Waals surface area contributed by atoms with Gasteiger partial charge in [0.05, 0.1) is 19.3 Å². The second-order valence-corrected chi connectivity index (χ2v) is 6.08. The molecule has 0 amide bonds. The van der Waals surface area contributed by atoms with Crippen LogP contribution < -0.4 is 0 Å². The number of rotatable bonds is 5. The van der Waals surface area contributed by atoms with Gasteiger partial charge in [0.1, 0.15) is 48.8 Å². The Hall–Kier alpha value is -0.400. The minimum Gasteiger partial charge on any atom is -0.394 e. The average Bonchev–Trinajstić information content (AvgIpc) is 2.59. The maximum absolute atomic E-state index is 10.2. The first kappa shape index (κ1) is 19.9. The molecule has 2 rings (SSSR count). The second kappa shape index (κ2) is 8.32. The zero-order valence-corrected chi connectivity index (χ0v) is 13.3. The summed E-state index contributed by atoms with van der Waals surface area (Å²) in [5.74, 6) is 0. The second-order valence-electron chi connectivity index (χ2n) is 6.08. The van der Waals surface area contributed by atoms with Gasteiger partial charge in [-0.05, 0) is 6.42 Å². The monoisotopic (exact) mass is 354 g/mol. The fraction of sp³-hybridized carbons (Fsp3) is 1.00. The van der Waals surface area contributed by atoms with Gasteiger partial charge < -0.3 is 50.0 Å². The normalized spacial score (nSPS) is 50.0. The molecular weight excluding hydrogens is 328 g/mol. The highest BCUT2D eigenvalue weighted by Crippen LogP contribution is 2.30. The van der Waals surface area contributed by atoms with E-state index in [4.69, 9.17) is 14.2 Å². The first-order valence-electron chi connectivity index (χ1n) is 7.94. The van der Waals surface area contributed by atoms with Crippen LogP contribution in [0.2, 0.25) is 0 Å². The zero-order chi connectivity index (χ0) is 18.0. The quantitative estimate of drug-likeness (QED) is 0.259. The van der Waals surface area contributed by atoms with Gasteiger partial charge in [-0.1, -0.05) is 6.92 Å². The van der Waals surface area contributed by atoms with E-state index in [1.807, 2.05) is 0 Å². The Balaban J connectivity index is 2.12. The molecule has 10 heteroatoms. The molecule has 0 spiro atoms. The van der Waals surface area contributed by atoms with E-state index in [0.29, 0.717) is 6.42 Å². The van der Waals surface area contributed by atoms with Crippen molar-refractivity contribution in [1.29, 1.82) is 0 Å². The van der Waals surface area contributed by atoms with Crippen molar-refractivity contribution in [3.05, 3.63) is 0 Å². The summed E-state index contributed by atoms with van der Waals surface area (Å²) in [4.78, 5) is 0. The summed E-state index contributed by atoms with van der Waals surface area (Å²) in [6, 6.07) is 0. The zero-order valence-electron chi connectivity index (χ0n) is 13.3. The predicted octanol–water partition coefficient (Wildman–Crippen LogP) is -3.94. The van der Waals surface area contributed by atoms with Gasteiger partial charge in [-0.25, -0.2) is 0 Å². The Bertz CT molecular complexity index is 392. The highest BCUT2D eigenvalue weighted by Gasteiger charge is 2.49. The Morgan fingerprint density at radius 1 is 0.708 bits per heavy atom. The Morgan fingerprint density at radius 3 is 1.79 bits per heavy atom. The van der Waals surface area contributed by atoms with E-state index in [2.05, 4.69) is 0 Å². The van der Waals surface area contributed by atoms with Crippen LogP contribution in [-0.2, 0) is 14.2 Å². The van der Waals surface area contributed by atoms with Crippen LogP contribution in [0.25, 0.3) is 0 Å². The van der Waals surface area contributed by atoms with Gasteiger partial charge in [0.25, 0.3) is 0 Å². The summed E-state index contributed by atoms with van der Waals surface area (Å²) < 4.78 is 16.2. The van der Waals surface area contributed by atoms with Crippen LogP contribution in [-0.4, -0.2) is 110 Å². The lowest BCUT2D eigenvalue weighted by molar-refractivity contribution is -0.341. The van der Waals surface area contributed by atoms with Crippen molar-refractivity contribution in [2.75, 3.05) is 13.2 Å². The number of aliphatic hydroxyl groups excluding tert-OH is 7. The molecule has 0 aromatic heterocycles. The first-order valence-corrected chi connectivity index (χ1v) is 7.94. The molecule has 1 unspecified atom stereocenters. The van der Waals surface area contributed by atoms with Crippen molar-refractivity contribution in [3.63, 3.8) is 0 Å². The van der Waals surface area contributed by atoms with E-state index in [1.54, 1.807) is 6.92 Å². The largest absolute Gasteiger partial charge is 0.394 e.